The largest absolute Gasteiger partial charge is 0.497 e. The molecule has 0 saturated carbocycles. The van der Waals surface area contributed by atoms with Gasteiger partial charge in [-0.2, -0.15) is 5.10 Å². The number of carbonyl (C=O) groups excluding carboxylic acids is 2. The van der Waals surface area contributed by atoms with Crippen molar-refractivity contribution in [3.05, 3.63) is 83.7 Å². The quantitative estimate of drug-likeness (QED) is 0.334. The Morgan fingerprint density at radius 3 is 2.41 bits per heavy atom. The van der Waals surface area contributed by atoms with Gasteiger partial charge in [0.15, 0.2) is 11.4 Å². The van der Waals surface area contributed by atoms with E-state index in [4.69, 9.17) is 4.74 Å². The van der Waals surface area contributed by atoms with Crippen LogP contribution in [0.4, 0.5) is 0 Å². The molecule has 2 heterocycles. The van der Waals surface area contributed by atoms with Gasteiger partial charge in [-0.05, 0) is 37.3 Å². The van der Waals surface area contributed by atoms with E-state index in [1.54, 1.807) is 36.0 Å². The van der Waals surface area contributed by atoms with Crippen LogP contribution in [0.3, 0.4) is 0 Å². The second-order valence-electron chi connectivity index (χ2n) is 7.00. The van der Waals surface area contributed by atoms with Gasteiger partial charge in [0.05, 0.1) is 25.5 Å². The lowest BCUT2D eigenvalue weighted by Crippen LogP contribution is -2.00. The number of carbonyl (C=O) groups is 2. The molecule has 0 fully saturated rings. The van der Waals surface area contributed by atoms with Gasteiger partial charge in [0, 0.05) is 24.2 Å². The SMILES string of the molecule is CCC(=O)c1cc2nccc(-c3cccc(OC)c3)n2n1.COC(=O)c1ccc(C)cc1. The van der Waals surface area contributed by atoms with Crippen molar-refractivity contribution in [3.8, 4) is 17.0 Å². The van der Waals surface area contributed by atoms with Crippen LogP contribution in [0.5, 0.6) is 5.75 Å². The van der Waals surface area contributed by atoms with E-state index < -0.39 is 0 Å². The summed E-state index contributed by atoms with van der Waals surface area (Å²) >= 11 is 0. The minimum Gasteiger partial charge on any atom is -0.497 e. The number of ether oxygens (including phenoxy) is 2. The maximum absolute atomic E-state index is 11.8. The molecule has 0 aliphatic heterocycles. The summed E-state index contributed by atoms with van der Waals surface area (Å²) in [5.41, 5.74) is 4.66. The smallest absolute Gasteiger partial charge is 0.337 e. The van der Waals surface area contributed by atoms with Crippen LogP contribution in [0.15, 0.2) is 66.9 Å². The summed E-state index contributed by atoms with van der Waals surface area (Å²) in [5, 5.41) is 4.38. The van der Waals surface area contributed by atoms with Crippen molar-refractivity contribution in [2.75, 3.05) is 14.2 Å². The third kappa shape index (κ3) is 5.18. The molecular formula is C25H25N3O4. The molecule has 0 aliphatic rings. The molecule has 32 heavy (non-hydrogen) atoms. The average Bonchev–Trinajstić information content (AvgIpc) is 3.28. The fraction of sp³-hybridized carbons (Fsp3) is 0.200. The Balaban J connectivity index is 0.000000222. The van der Waals surface area contributed by atoms with E-state index in [1.165, 1.54) is 7.11 Å². The summed E-state index contributed by atoms with van der Waals surface area (Å²) in [6.07, 6.45) is 2.14. The Kier molecular flexibility index (Phi) is 7.33. The number of fused-ring (bicyclic) bond motifs is 1. The monoisotopic (exact) mass is 431 g/mol. The van der Waals surface area contributed by atoms with E-state index >= 15 is 0 Å². The van der Waals surface area contributed by atoms with Crippen molar-refractivity contribution >= 4 is 17.4 Å². The highest BCUT2D eigenvalue weighted by Gasteiger charge is 2.12. The Bertz CT molecular complexity index is 1230. The summed E-state index contributed by atoms with van der Waals surface area (Å²) in [4.78, 5) is 27.0. The van der Waals surface area contributed by atoms with Crippen LogP contribution < -0.4 is 4.74 Å². The first-order chi connectivity index (χ1) is 15.5. The predicted octanol–water partition coefficient (Wildman–Crippen LogP) is 4.78. The second kappa shape index (κ2) is 10.3. The molecule has 2 aromatic heterocycles. The van der Waals surface area contributed by atoms with Gasteiger partial charge in [0.2, 0.25) is 0 Å². The Labute approximate surface area is 186 Å². The first-order valence-electron chi connectivity index (χ1n) is 10.1. The number of aryl methyl sites for hydroxylation is 1. The average molecular weight is 431 g/mol. The number of nitrogens with zero attached hydrogens (tertiary/aromatic N) is 3. The van der Waals surface area contributed by atoms with E-state index in [9.17, 15) is 9.59 Å². The van der Waals surface area contributed by atoms with Crippen LogP contribution >= 0.6 is 0 Å². The topological polar surface area (TPSA) is 82.8 Å². The summed E-state index contributed by atoms with van der Waals surface area (Å²) in [7, 11) is 3.01. The molecule has 0 spiro atoms. The molecule has 0 saturated heterocycles. The van der Waals surface area contributed by atoms with Gasteiger partial charge in [0.25, 0.3) is 0 Å². The van der Waals surface area contributed by atoms with Crippen LogP contribution in [-0.4, -0.2) is 40.6 Å². The van der Waals surface area contributed by atoms with E-state index in [2.05, 4.69) is 14.8 Å². The minimum absolute atomic E-state index is 0.0112. The highest BCUT2D eigenvalue weighted by molar-refractivity contribution is 5.95. The molecule has 0 N–H and O–H groups in total. The van der Waals surface area contributed by atoms with Crippen LogP contribution in [-0.2, 0) is 4.74 Å². The number of rotatable bonds is 5. The lowest BCUT2D eigenvalue weighted by molar-refractivity contribution is 0.0600. The van der Waals surface area contributed by atoms with Crippen LogP contribution in [0, 0.1) is 6.92 Å². The van der Waals surface area contributed by atoms with Crippen LogP contribution in [0.25, 0.3) is 16.9 Å². The molecule has 7 heteroatoms. The number of hydrogen-bond donors (Lipinski definition) is 0. The normalized spacial score (nSPS) is 10.2. The molecule has 0 radical (unpaired) electrons. The van der Waals surface area contributed by atoms with Crippen LogP contribution in [0.2, 0.25) is 0 Å². The number of methoxy groups -OCH3 is 2. The summed E-state index contributed by atoms with van der Waals surface area (Å²) in [5.74, 6) is 0.497. The predicted molar refractivity (Wildman–Crippen MR) is 122 cm³/mol. The number of aromatic nitrogens is 3. The fourth-order valence-corrected chi connectivity index (χ4v) is 3.02. The number of benzene rings is 2. The molecule has 4 rings (SSSR count). The zero-order chi connectivity index (χ0) is 23.1. The summed E-state index contributed by atoms with van der Waals surface area (Å²) in [6, 6.07) is 18.6. The highest BCUT2D eigenvalue weighted by atomic mass is 16.5. The lowest BCUT2D eigenvalue weighted by Gasteiger charge is -2.06. The molecule has 0 atom stereocenters. The standard InChI is InChI=1S/C16H15N3O2.C9H10O2/c1-3-15(20)13-10-16-17-8-7-14(19(16)18-13)11-5-4-6-12(9-11)21-2;1-7-3-5-8(6-4-7)9(10)11-2/h4-10H,3H2,1-2H3;3-6H,1-2H3. The van der Waals surface area contributed by atoms with Crippen molar-refractivity contribution in [3.63, 3.8) is 0 Å². The van der Waals surface area contributed by atoms with Crippen molar-refractivity contribution in [2.24, 2.45) is 0 Å². The molecule has 0 aliphatic carbocycles. The van der Waals surface area contributed by atoms with Gasteiger partial charge in [-0.15, -0.1) is 0 Å². The molecule has 4 aromatic rings. The first-order valence-corrected chi connectivity index (χ1v) is 10.1. The Hall–Kier alpha value is -4.00. The van der Waals surface area contributed by atoms with Crippen LogP contribution in [0.1, 0.15) is 39.8 Å². The first kappa shape index (κ1) is 22.7. The Morgan fingerprint density at radius 2 is 1.75 bits per heavy atom. The zero-order valence-corrected chi connectivity index (χ0v) is 18.5. The molecule has 0 bridgehead atoms. The van der Waals surface area contributed by atoms with E-state index in [0.717, 1.165) is 22.6 Å². The van der Waals surface area contributed by atoms with Crippen molar-refractivity contribution in [1.29, 1.82) is 0 Å². The highest BCUT2D eigenvalue weighted by Crippen LogP contribution is 2.24. The van der Waals surface area contributed by atoms with Gasteiger partial charge >= 0.3 is 5.97 Å². The zero-order valence-electron chi connectivity index (χ0n) is 18.5. The molecule has 2 aromatic carbocycles. The molecule has 0 unspecified atom stereocenters. The maximum Gasteiger partial charge on any atom is 0.337 e. The number of Topliss-reactive ketones (excluding diaryl/α,β-unsaturated/α-hetero) is 1. The maximum atomic E-state index is 11.8. The van der Waals surface area contributed by atoms with Crippen molar-refractivity contribution < 1.29 is 19.1 Å². The van der Waals surface area contributed by atoms with Crippen molar-refractivity contribution in [1.82, 2.24) is 14.6 Å². The van der Waals surface area contributed by atoms with E-state index in [-0.39, 0.29) is 11.8 Å². The Morgan fingerprint density at radius 1 is 1.00 bits per heavy atom. The number of esters is 1. The lowest BCUT2D eigenvalue weighted by atomic mass is 10.1. The van der Waals surface area contributed by atoms with Gasteiger partial charge < -0.3 is 9.47 Å². The third-order valence-corrected chi connectivity index (χ3v) is 4.80. The summed E-state index contributed by atoms with van der Waals surface area (Å²) < 4.78 is 11.5. The molecule has 7 nitrogen and oxygen atoms in total. The molecular weight excluding hydrogens is 406 g/mol. The summed E-state index contributed by atoms with van der Waals surface area (Å²) in [6.45, 7) is 3.80. The fourth-order valence-electron chi connectivity index (χ4n) is 3.02. The van der Waals surface area contributed by atoms with E-state index in [1.807, 2.05) is 56.3 Å². The van der Waals surface area contributed by atoms with E-state index in [0.29, 0.717) is 23.3 Å². The van der Waals surface area contributed by atoms with Gasteiger partial charge in [0.1, 0.15) is 11.4 Å². The van der Waals surface area contributed by atoms with Gasteiger partial charge in [-0.1, -0.05) is 36.8 Å². The molecule has 0 amide bonds. The van der Waals surface area contributed by atoms with Gasteiger partial charge in [-0.25, -0.2) is 14.3 Å². The second-order valence-corrected chi connectivity index (χ2v) is 7.00. The number of ketones is 1. The van der Waals surface area contributed by atoms with Gasteiger partial charge in [-0.3, -0.25) is 4.79 Å². The molecule has 164 valence electrons. The number of hydrogen-bond acceptors (Lipinski definition) is 6. The minimum atomic E-state index is -0.287. The third-order valence-electron chi connectivity index (χ3n) is 4.80. The van der Waals surface area contributed by atoms with Crippen molar-refractivity contribution in [2.45, 2.75) is 20.3 Å².